The molecule has 1 fully saturated rings. The first-order chi connectivity index (χ1) is 6.75. The van der Waals surface area contributed by atoms with Crippen molar-refractivity contribution in [3.05, 3.63) is 35.9 Å². The summed E-state index contributed by atoms with van der Waals surface area (Å²) in [5.41, 5.74) is 1.17. The van der Waals surface area contributed by atoms with Gasteiger partial charge in [0.15, 0.2) is 0 Å². The van der Waals surface area contributed by atoms with Gasteiger partial charge in [0.1, 0.15) is 5.78 Å². The molecule has 1 saturated carbocycles. The molecule has 0 aliphatic heterocycles. The van der Waals surface area contributed by atoms with Crippen LogP contribution in [0.2, 0.25) is 0 Å². The van der Waals surface area contributed by atoms with Crippen LogP contribution in [0, 0.1) is 0 Å². The van der Waals surface area contributed by atoms with Crippen molar-refractivity contribution < 1.29 is 9.90 Å². The normalized spacial score (nSPS) is 27.6. The second-order valence-electron chi connectivity index (χ2n) is 3.94. The maximum Gasteiger partial charge on any atom is 0.136 e. The van der Waals surface area contributed by atoms with E-state index in [0.29, 0.717) is 12.8 Å². The van der Waals surface area contributed by atoms with Gasteiger partial charge in [0.2, 0.25) is 0 Å². The molecule has 0 saturated heterocycles. The highest BCUT2D eigenvalue weighted by molar-refractivity contribution is 5.80. The lowest BCUT2D eigenvalue weighted by Gasteiger charge is -2.25. The minimum absolute atomic E-state index is 0.178. The van der Waals surface area contributed by atoms with Crippen LogP contribution in [0.5, 0.6) is 0 Å². The van der Waals surface area contributed by atoms with Crippen LogP contribution in [0.15, 0.2) is 30.3 Å². The van der Waals surface area contributed by atoms with Gasteiger partial charge in [-0.1, -0.05) is 30.3 Å². The smallest absolute Gasteiger partial charge is 0.136 e. The lowest BCUT2D eigenvalue weighted by Crippen LogP contribution is -2.25. The first kappa shape index (κ1) is 9.41. The van der Waals surface area contributed by atoms with E-state index in [1.807, 2.05) is 30.3 Å². The van der Waals surface area contributed by atoms with Crippen LogP contribution < -0.4 is 0 Å². The summed E-state index contributed by atoms with van der Waals surface area (Å²) in [4.78, 5) is 11.3. The summed E-state index contributed by atoms with van der Waals surface area (Å²) in [6.45, 7) is 0. The monoisotopic (exact) mass is 190 g/mol. The van der Waals surface area contributed by atoms with Gasteiger partial charge in [0.05, 0.1) is 6.10 Å². The summed E-state index contributed by atoms with van der Waals surface area (Å²) in [7, 11) is 0. The topological polar surface area (TPSA) is 37.3 Å². The lowest BCUT2D eigenvalue weighted by molar-refractivity contribution is -0.123. The van der Waals surface area contributed by atoms with Crippen LogP contribution in [0.3, 0.4) is 0 Å². The Balaban J connectivity index is 2.15. The number of carbonyl (C=O) groups excluding carboxylic acids is 1. The van der Waals surface area contributed by atoms with Gasteiger partial charge in [-0.25, -0.2) is 0 Å². The van der Waals surface area contributed by atoms with E-state index in [9.17, 15) is 9.90 Å². The Morgan fingerprint density at radius 2 is 1.86 bits per heavy atom. The zero-order valence-electron chi connectivity index (χ0n) is 8.02. The predicted octanol–water partition coefficient (Wildman–Crippen LogP) is 1.88. The highest BCUT2D eigenvalue weighted by atomic mass is 16.3. The zero-order valence-corrected chi connectivity index (χ0v) is 8.02. The van der Waals surface area contributed by atoms with E-state index in [1.54, 1.807) is 0 Å². The fourth-order valence-electron chi connectivity index (χ4n) is 2.10. The summed E-state index contributed by atoms with van der Waals surface area (Å²) < 4.78 is 0. The molecule has 0 bridgehead atoms. The standard InChI is InChI=1S/C12H14O2/c13-11-6-10(7-12(14)8-11)9-4-2-1-3-5-9/h1-5,10-11,13H,6-8H2. The van der Waals surface area contributed by atoms with Gasteiger partial charge in [-0.15, -0.1) is 0 Å². The Labute approximate surface area is 83.6 Å². The molecule has 2 unspecified atom stereocenters. The molecule has 0 amide bonds. The molecule has 1 aromatic carbocycles. The first-order valence-corrected chi connectivity index (χ1v) is 5.00. The summed E-state index contributed by atoms with van der Waals surface area (Å²) in [5, 5.41) is 9.49. The van der Waals surface area contributed by atoms with E-state index in [0.717, 1.165) is 6.42 Å². The zero-order chi connectivity index (χ0) is 9.97. The second-order valence-corrected chi connectivity index (χ2v) is 3.94. The van der Waals surface area contributed by atoms with Gasteiger partial charge in [0.25, 0.3) is 0 Å². The molecular formula is C12H14O2. The number of rotatable bonds is 1. The van der Waals surface area contributed by atoms with Crippen molar-refractivity contribution in [3.63, 3.8) is 0 Å². The van der Waals surface area contributed by atoms with Crippen molar-refractivity contribution in [2.24, 2.45) is 0 Å². The molecule has 0 aromatic heterocycles. The number of aliphatic hydroxyl groups is 1. The Bertz CT molecular complexity index is 318. The van der Waals surface area contributed by atoms with E-state index >= 15 is 0 Å². The van der Waals surface area contributed by atoms with Crippen molar-refractivity contribution in [1.82, 2.24) is 0 Å². The maximum atomic E-state index is 11.3. The number of hydrogen-bond acceptors (Lipinski definition) is 2. The van der Waals surface area contributed by atoms with E-state index in [1.165, 1.54) is 5.56 Å². The third-order valence-corrected chi connectivity index (χ3v) is 2.76. The molecule has 74 valence electrons. The summed E-state index contributed by atoms with van der Waals surface area (Å²) >= 11 is 0. The molecule has 1 aromatic rings. The second kappa shape index (κ2) is 3.93. The van der Waals surface area contributed by atoms with Crippen LogP contribution in [0.1, 0.15) is 30.7 Å². The highest BCUT2D eigenvalue weighted by Crippen LogP contribution is 2.30. The fourth-order valence-corrected chi connectivity index (χ4v) is 2.10. The third kappa shape index (κ3) is 2.02. The van der Waals surface area contributed by atoms with Crippen molar-refractivity contribution in [2.45, 2.75) is 31.3 Å². The predicted molar refractivity (Wildman–Crippen MR) is 54.0 cm³/mol. The number of ketones is 1. The van der Waals surface area contributed by atoms with Gasteiger partial charge < -0.3 is 5.11 Å². The van der Waals surface area contributed by atoms with Gasteiger partial charge in [-0.3, -0.25) is 4.79 Å². The summed E-state index contributed by atoms with van der Waals surface area (Å²) in [6, 6.07) is 9.96. The molecular weight excluding hydrogens is 176 g/mol. The first-order valence-electron chi connectivity index (χ1n) is 5.00. The number of carbonyl (C=O) groups is 1. The molecule has 2 rings (SSSR count). The number of hydrogen-bond donors (Lipinski definition) is 1. The van der Waals surface area contributed by atoms with Crippen LogP contribution in [-0.4, -0.2) is 17.0 Å². The number of aliphatic hydroxyl groups excluding tert-OH is 1. The van der Waals surface area contributed by atoms with Crippen molar-refractivity contribution >= 4 is 5.78 Å². The maximum absolute atomic E-state index is 11.3. The van der Waals surface area contributed by atoms with E-state index in [2.05, 4.69) is 0 Å². The van der Waals surface area contributed by atoms with Crippen molar-refractivity contribution in [1.29, 1.82) is 0 Å². The molecule has 1 aliphatic carbocycles. The molecule has 0 spiro atoms. The van der Waals surface area contributed by atoms with Gasteiger partial charge in [0, 0.05) is 12.8 Å². The van der Waals surface area contributed by atoms with Crippen LogP contribution >= 0.6 is 0 Å². The van der Waals surface area contributed by atoms with Crippen LogP contribution in [0.25, 0.3) is 0 Å². The quantitative estimate of drug-likeness (QED) is 0.734. The van der Waals surface area contributed by atoms with E-state index in [-0.39, 0.29) is 11.7 Å². The molecule has 2 nitrogen and oxygen atoms in total. The Morgan fingerprint density at radius 3 is 2.50 bits per heavy atom. The van der Waals surface area contributed by atoms with Gasteiger partial charge in [-0.05, 0) is 17.9 Å². The molecule has 2 atom stereocenters. The fraction of sp³-hybridized carbons (Fsp3) is 0.417. The third-order valence-electron chi connectivity index (χ3n) is 2.76. The van der Waals surface area contributed by atoms with Crippen molar-refractivity contribution in [3.8, 4) is 0 Å². The van der Waals surface area contributed by atoms with Crippen LogP contribution in [0.4, 0.5) is 0 Å². The molecule has 0 radical (unpaired) electrons. The van der Waals surface area contributed by atoms with Crippen LogP contribution in [-0.2, 0) is 4.79 Å². The molecule has 1 aliphatic rings. The number of benzene rings is 1. The average Bonchev–Trinajstić information content (AvgIpc) is 2.18. The highest BCUT2D eigenvalue weighted by Gasteiger charge is 2.26. The summed E-state index contributed by atoms with van der Waals surface area (Å²) in [5.74, 6) is 0.394. The molecule has 0 heterocycles. The lowest BCUT2D eigenvalue weighted by atomic mass is 9.82. The number of Topliss-reactive ketones (excluding diaryl/α,β-unsaturated/α-hetero) is 1. The van der Waals surface area contributed by atoms with E-state index < -0.39 is 6.10 Å². The minimum atomic E-state index is -0.443. The molecule has 14 heavy (non-hydrogen) atoms. The Kier molecular flexibility index (Phi) is 2.64. The van der Waals surface area contributed by atoms with Gasteiger partial charge in [-0.2, -0.15) is 0 Å². The SMILES string of the molecule is O=C1CC(O)CC(c2ccccc2)C1. The molecule has 2 heteroatoms. The minimum Gasteiger partial charge on any atom is -0.393 e. The largest absolute Gasteiger partial charge is 0.393 e. The Morgan fingerprint density at radius 1 is 1.14 bits per heavy atom. The van der Waals surface area contributed by atoms with Crippen molar-refractivity contribution in [2.75, 3.05) is 0 Å². The van der Waals surface area contributed by atoms with E-state index in [4.69, 9.17) is 0 Å². The van der Waals surface area contributed by atoms with Gasteiger partial charge >= 0.3 is 0 Å². The summed E-state index contributed by atoms with van der Waals surface area (Å²) in [6.07, 6.45) is 1.20. The molecule has 1 N–H and O–H groups in total. The Hall–Kier alpha value is -1.15. The average molecular weight is 190 g/mol.